The molecule has 7 heteroatoms. The molecule has 0 spiro atoms. The molecule has 1 amide bonds. The van der Waals surface area contributed by atoms with Crippen molar-refractivity contribution in [3.63, 3.8) is 0 Å². The van der Waals surface area contributed by atoms with Crippen LogP contribution in [0, 0.1) is 13.8 Å². The number of carbonyl (C=O) groups is 1. The van der Waals surface area contributed by atoms with Crippen LogP contribution >= 0.6 is 11.3 Å². The van der Waals surface area contributed by atoms with Crippen molar-refractivity contribution in [1.29, 1.82) is 0 Å². The first-order valence-electron chi connectivity index (χ1n) is 7.23. The maximum atomic E-state index is 11.9. The van der Waals surface area contributed by atoms with Gasteiger partial charge in [-0.25, -0.2) is 13.4 Å². The number of carbonyl (C=O) groups excluding carboxylic acids is 1. The molecule has 0 aliphatic heterocycles. The topological polar surface area (TPSA) is 76.1 Å². The second-order valence-electron chi connectivity index (χ2n) is 5.76. The lowest BCUT2D eigenvalue weighted by atomic mass is 10.0. The lowest BCUT2D eigenvalue weighted by Crippen LogP contribution is -2.27. The second kappa shape index (κ2) is 6.80. The Morgan fingerprint density at radius 1 is 1.30 bits per heavy atom. The highest BCUT2D eigenvalue weighted by atomic mass is 32.2. The highest BCUT2D eigenvalue weighted by molar-refractivity contribution is 7.92. The predicted molar refractivity (Wildman–Crippen MR) is 94.6 cm³/mol. The number of nitrogens with zero attached hydrogens (tertiary/aromatic N) is 1. The summed E-state index contributed by atoms with van der Waals surface area (Å²) < 4.78 is 23.5. The van der Waals surface area contributed by atoms with Gasteiger partial charge in [-0.1, -0.05) is 23.8 Å². The van der Waals surface area contributed by atoms with E-state index < -0.39 is 26.7 Å². The van der Waals surface area contributed by atoms with Gasteiger partial charge in [-0.15, -0.1) is 11.3 Å². The van der Waals surface area contributed by atoms with Gasteiger partial charge in [0.15, 0.2) is 15.0 Å². The molecule has 0 aliphatic rings. The molecular weight excluding hydrogens is 332 g/mol. The molecule has 0 atom stereocenters. The van der Waals surface area contributed by atoms with Crippen LogP contribution in [-0.2, 0) is 14.6 Å². The Hall–Kier alpha value is -1.73. The highest BCUT2D eigenvalue weighted by Gasteiger charge is 2.21. The van der Waals surface area contributed by atoms with Crippen molar-refractivity contribution < 1.29 is 13.2 Å². The summed E-state index contributed by atoms with van der Waals surface area (Å²) in [6.45, 7) is 7.16. The quantitative estimate of drug-likeness (QED) is 0.896. The number of aryl methyl sites for hydroxylation is 2. The first-order valence-corrected chi connectivity index (χ1v) is 9.83. The summed E-state index contributed by atoms with van der Waals surface area (Å²) in [4.78, 5) is 16.2. The Balaban J connectivity index is 2.12. The average Bonchev–Trinajstić information content (AvgIpc) is 2.85. The van der Waals surface area contributed by atoms with Gasteiger partial charge in [0.25, 0.3) is 0 Å². The van der Waals surface area contributed by atoms with E-state index in [2.05, 4.69) is 16.4 Å². The van der Waals surface area contributed by atoms with E-state index in [9.17, 15) is 13.2 Å². The van der Waals surface area contributed by atoms with Crippen LogP contribution in [0.25, 0.3) is 11.3 Å². The Morgan fingerprint density at radius 3 is 2.61 bits per heavy atom. The molecule has 0 aliphatic carbocycles. The average molecular weight is 352 g/mol. The van der Waals surface area contributed by atoms with Gasteiger partial charge in [0.2, 0.25) is 5.91 Å². The van der Waals surface area contributed by atoms with Crippen LogP contribution in [0.3, 0.4) is 0 Å². The fraction of sp³-hybridized carbons (Fsp3) is 0.375. The van der Waals surface area contributed by atoms with Gasteiger partial charge in [0.05, 0.1) is 10.9 Å². The molecule has 5 nitrogen and oxygen atoms in total. The molecule has 0 saturated heterocycles. The summed E-state index contributed by atoms with van der Waals surface area (Å²) in [6.07, 6.45) is 0. The standard InChI is InChI=1S/C16H20N2O3S2/c1-10(2)23(20,21)9-15(19)18-16-17-14(8-22-16)13-6-5-11(3)7-12(13)4/h5-8,10H,9H2,1-4H3,(H,17,18,19). The zero-order chi connectivity index (χ0) is 17.2. The van der Waals surface area contributed by atoms with Crippen molar-refractivity contribution >= 4 is 32.2 Å². The lowest BCUT2D eigenvalue weighted by Gasteiger charge is -2.07. The van der Waals surface area contributed by atoms with Gasteiger partial charge in [-0.3, -0.25) is 4.79 Å². The fourth-order valence-electron chi connectivity index (χ4n) is 2.06. The highest BCUT2D eigenvalue weighted by Crippen LogP contribution is 2.28. The summed E-state index contributed by atoms with van der Waals surface area (Å²) in [5, 5.41) is 4.25. The third-order valence-corrected chi connectivity index (χ3v) is 6.32. The van der Waals surface area contributed by atoms with Gasteiger partial charge in [0.1, 0.15) is 5.75 Å². The number of sulfone groups is 1. The van der Waals surface area contributed by atoms with Crippen LogP contribution < -0.4 is 5.32 Å². The largest absolute Gasteiger partial charge is 0.301 e. The Labute approximate surface area is 140 Å². The molecule has 2 rings (SSSR count). The van der Waals surface area contributed by atoms with Gasteiger partial charge < -0.3 is 5.32 Å². The molecule has 0 bridgehead atoms. The zero-order valence-corrected chi connectivity index (χ0v) is 15.2. The third kappa shape index (κ3) is 4.39. The first kappa shape index (κ1) is 17.6. The summed E-state index contributed by atoms with van der Waals surface area (Å²) in [5.41, 5.74) is 4.06. The second-order valence-corrected chi connectivity index (χ2v) is 9.18. The molecule has 1 aromatic heterocycles. The van der Waals surface area contributed by atoms with E-state index in [1.807, 2.05) is 31.4 Å². The summed E-state index contributed by atoms with van der Waals surface area (Å²) in [5.74, 6) is -1.08. The fourth-order valence-corrected chi connectivity index (χ4v) is 3.56. The maximum Gasteiger partial charge on any atom is 0.241 e. The van der Waals surface area contributed by atoms with Crippen molar-refractivity contribution in [2.75, 3.05) is 11.1 Å². The van der Waals surface area contributed by atoms with Crippen molar-refractivity contribution in [1.82, 2.24) is 4.98 Å². The molecular formula is C16H20N2O3S2. The van der Waals surface area contributed by atoms with Crippen LogP contribution in [0.15, 0.2) is 23.6 Å². The van der Waals surface area contributed by atoms with E-state index in [0.29, 0.717) is 5.13 Å². The van der Waals surface area contributed by atoms with E-state index in [-0.39, 0.29) is 0 Å². The SMILES string of the molecule is Cc1ccc(-c2csc(NC(=O)CS(=O)(=O)C(C)C)n2)c(C)c1. The number of benzene rings is 1. The number of hydrogen-bond acceptors (Lipinski definition) is 5. The van der Waals surface area contributed by atoms with E-state index in [1.165, 1.54) is 16.9 Å². The van der Waals surface area contributed by atoms with Gasteiger partial charge in [-0.2, -0.15) is 0 Å². The van der Waals surface area contributed by atoms with Crippen LogP contribution in [0.4, 0.5) is 5.13 Å². The number of nitrogens with one attached hydrogen (secondary N) is 1. The Morgan fingerprint density at radius 2 is 2.00 bits per heavy atom. The zero-order valence-electron chi connectivity index (χ0n) is 13.6. The smallest absolute Gasteiger partial charge is 0.241 e. The minimum atomic E-state index is -3.41. The Bertz CT molecular complexity index is 824. The maximum absolute atomic E-state index is 11.9. The molecule has 0 radical (unpaired) electrons. The number of aromatic nitrogens is 1. The molecule has 1 N–H and O–H groups in total. The molecule has 1 aromatic carbocycles. The summed E-state index contributed by atoms with van der Waals surface area (Å²) >= 11 is 1.28. The van der Waals surface area contributed by atoms with Crippen molar-refractivity contribution in [3.05, 3.63) is 34.7 Å². The molecule has 0 fully saturated rings. The normalized spacial score (nSPS) is 11.7. The molecule has 1 heterocycles. The lowest BCUT2D eigenvalue weighted by molar-refractivity contribution is -0.113. The van der Waals surface area contributed by atoms with E-state index >= 15 is 0 Å². The predicted octanol–water partition coefficient (Wildman–Crippen LogP) is 3.19. The van der Waals surface area contributed by atoms with Crippen LogP contribution in [0.5, 0.6) is 0 Å². The number of anilines is 1. The number of hydrogen-bond donors (Lipinski definition) is 1. The number of thiazole rings is 1. The van der Waals surface area contributed by atoms with Crippen molar-refractivity contribution in [2.45, 2.75) is 32.9 Å². The van der Waals surface area contributed by atoms with Crippen LogP contribution in [-0.4, -0.2) is 30.3 Å². The van der Waals surface area contributed by atoms with Crippen molar-refractivity contribution in [3.8, 4) is 11.3 Å². The summed E-state index contributed by atoms with van der Waals surface area (Å²) in [6, 6.07) is 6.08. The van der Waals surface area contributed by atoms with Gasteiger partial charge in [-0.05, 0) is 33.3 Å². The van der Waals surface area contributed by atoms with Gasteiger partial charge in [0, 0.05) is 10.9 Å². The summed E-state index contributed by atoms with van der Waals surface area (Å²) in [7, 11) is -3.41. The Kier molecular flexibility index (Phi) is 5.21. The first-order chi connectivity index (χ1) is 10.7. The minimum absolute atomic E-state index is 0.406. The van der Waals surface area contributed by atoms with E-state index in [0.717, 1.165) is 16.8 Å². The molecule has 124 valence electrons. The van der Waals surface area contributed by atoms with Crippen LogP contribution in [0.2, 0.25) is 0 Å². The third-order valence-electron chi connectivity index (χ3n) is 3.46. The number of amides is 1. The molecule has 0 unspecified atom stereocenters. The molecule has 0 saturated carbocycles. The monoisotopic (exact) mass is 352 g/mol. The molecule has 23 heavy (non-hydrogen) atoms. The minimum Gasteiger partial charge on any atom is -0.301 e. The van der Waals surface area contributed by atoms with Crippen LogP contribution in [0.1, 0.15) is 25.0 Å². The van der Waals surface area contributed by atoms with E-state index in [4.69, 9.17) is 0 Å². The number of rotatable bonds is 5. The van der Waals surface area contributed by atoms with Crippen molar-refractivity contribution in [2.24, 2.45) is 0 Å². The van der Waals surface area contributed by atoms with Gasteiger partial charge >= 0.3 is 0 Å². The van der Waals surface area contributed by atoms with E-state index in [1.54, 1.807) is 13.8 Å². The molecule has 2 aromatic rings.